The van der Waals surface area contributed by atoms with Gasteiger partial charge in [-0.25, -0.2) is 4.99 Å². The molecular formula is C11H20IN5O. The summed E-state index contributed by atoms with van der Waals surface area (Å²) in [5, 5.41) is 3.71. The number of hydrogen-bond acceptors (Lipinski definition) is 4. The minimum absolute atomic E-state index is 0. The molecular weight excluding hydrogens is 345 g/mol. The molecule has 1 atom stereocenters. The van der Waals surface area contributed by atoms with Crippen molar-refractivity contribution in [3.05, 3.63) is 11.7 Å². The Bertz CT molecular complexity index is 406. The molecule has 1 unspecified atom stereocenters. The third kappa shape index (κ3) is 4.11. The summed E-state index contributed by atoms with van der Waals surface area (Å²) in [4.78, 5) is 10.5. The van der Waals surface area contributed by atoms with Crippen LogP contribution in [0, 0.1) is 12.8 Å². The number of aliphatic imine (C=N–C) groups is 1. The van der Waals surface area contributed by atoms with E-state index in [-0.39, 0.29) is 24.0 Å². The van der Waals surface area contributed by atoms with Crippen molar-refractivity contribution in [3.63, 3.8) is 0 Å². The SMILES string of the molecule is Cc1noc(CN=C(N)N2CCCC(C)C2)n1.I. The highest BCUT2D eigenvalue weighted by molar-refractivity contribution is 14.0. The van der Waals surface area contributed by atoms with E-state index in [1.807, 2.05) is 0 Å². The molecule has 0 bridgehead atoms. The second-order valence-corrected chi connectivity index (χ2v) is 4.60. The number of rotatable bonds is 2. The maximum atomic E-state index is 5.95. The number of nitrogens with zero attached hydrogens (tertiary/aromatic N) is 4. The van der Waals surface area contributed by atoms with Crippen LogP contribution < -0.4 is 5.73 Å². The summed E-state index contributed by atoms with van der Waals surface area (Å²) < 4.78 is 4.98. The lowest BCUT2D eigenvalue weighted by Gasteiger charge is -2.31. The van der Waals surface area contributed by atoms with Gasteiger partial charge in [0.05, 0.1) is 0 Å². The van der Waals surface area contributed by atoms with Crippen molar-refractivity contribution >= 4 is 29.9 Å². The molecule has 0 spiro atoms. The average molecular weight is 365 g/mol. The molecule has 7 heteroatoms. The number of hydrogen-bond donors (Lipinski definition) is 1. The highest BCUT2D eigenvalue weighted by atomic mass is 127. The molecule has 102 valence electrons. The van der Waals surface area contributed by atoms with Gasteiger partial charge in [-0.15, -0.1) is 24.0 Å². The van der Waals surface area contributed by atoms with E-state index in [4.69, 9.17) is 10.3 Å². The van der Waals surface area contributed by atoms with Crippen molar-refractivity contribution in [2.45, 2.75) is 33.2 Å². The maximum Gasteiger partial charge on any atom is 0.248 e. The Kier molecular flexibility index (Phi) is 5.83. The van der Waals surface area contributed by atoms with Crippen LogP contribution in [0.5, 0.6) is 0 Å². The molecule has 0 aliphatic carbocycles. The van der Waals surface area contributed by atoms with Gasteiger partial charge in [0.15, 0.2) is 11.8 Å². The Labute approximate surface area is 124 Å². The van der Waals surface area contributed by atoms with Crippen LogP contribution in [0.4, 0.5) is 0 Å². The van der Waals surface area contributed by atoms with Crippen LogP contribution in [0.1, 0.15) is 31.5 Å². The summed E-state index contributed by atoms with van der Waals surface area (Å²) in [6.07, 6.45) is 2.45. The smallest absolute Gasteiger partial charge is 0.248 e. The van der Waals surface area contributed by atoms with Gasteiger partial charge in [-0.1, -0.05) is 12.1 Å². The number of nitrogens with two attached hydrogens (primary N) is 1. The van der Waals surface area contributed by atoms with Crippen LogP contribution >= 0.6 is 24.0 Å². The standard InChI is InChI=1S/C11H19N5O.HI/c1-8-4-3-5-16(7-8)11(12)13-6-10-14-9(2)15-17-10;/h8H,3-7H2,1-2H3,(H2,12,13);1H. The number of guanidine groups is 1. The van der Waals surface area contributed by atoms with Gasteiger partial charge in [-0.2, -0.15) is 4.98 Å². The van der Waals surface area contributed by atoms with E-state index < -0.39 is 0 Å². The van der Waals surface area contributed by atoms with Crippen LogP contribution in [-0.4, -0.2) is 34.1 Å². The molecule has 1 fully saturated rings. The normalized spacial score (nSPS) is 20.7. The lowest BCUT2D eigenvalue weighted by molar-refractivity contribution is 0.270. The number of piperidine rings is 1. The Balaban J connectivity index is 0.00000162. The average Bonchev–Trinajstić information content (AvgIpc) is 2.72. The van der Waals surface area contributed by atoms with Crippen molar-refractivity contribution in [1.29, 1.82) is 0 Å². The largest absolute Gasteiger partial charge is 0.370 e. The molecule has 0 aromatic carbocycles. The van der Waals surface area contributed by atoms with Crippen molar-refractivity contribution < 1.29 is 4.52 Å². The number of aromatic nitrogens is 2. The van der Waals surface area contributed by atoms with Crippen LogP contribution in [0.25, 0.3) is 0 Å². The zero-order valence-corrected chi connectivity index (χ0v) is 13.1. The van der Waals surface area contributed by atoms with E-state index in [0.29, 0.717) is 30.1 Å². The molecule has 1 aliphatic heterocycles. The third-order valence-corrected chi connectivity index (χ3v) is 2.93. The second kappa shape index (κ2) is 6.91. The Morgan fingerprint density at radius 3 is 3.00 bits per heavy atom. The fourth-order valence-corrected chi connectivity index (χ4v) is 2.05. The first-order chi connectivity index (χ1) is 8.15. The van der Waals surface area contributed by atoms with Crippen LogP contribution in [0.15, 0.2) is 9.52 Å². The van der Waals surface area contributed by atoms with Gasteiger partial charge in [0.2, 0.25) is 5.89 Å². The molecule has 0 amide bonds. The zero-order valence-electron chi connectivity index (χ0n) is 10.8. The zero-order chi connectivity index (χ0) is 12.3. The van der Waals surface area contributed by atoms with Crippen molar-refractivity contribution in [3.8, 4) is 0 Å². The van der Waals surface area contributed by atoms with Gasteiger partial charge in [-0.3, -0.25) is 0 Å². The summed E-state index contributed by atoms with van der Waals surface area (Å²) in [7, 11) is 0. The molecule has 6 nitrogen and oxygen atoms in total. The molecule has 1 saturated heterocycles. The summed E-state index contributed by atoms with van der Waals surface area (Å²) in [6.45, 7) is 6.35. The predicted octanol–water partition coefficient (Wildman–Crippen LogP) is 1.54. The van der Waals surface area contributed by atoms with Crippen LogP contribution in [0.3, 0.4) is 0 Å². The molecule has 1 aromatic rings. The highest BCUT2D eigenvalue weighted by Gasteiger charge is 2.17. The molecule has 1 aromatic heterocycles. The minimum Gasteiger partial charge on any atom is -0.370 e. The second-order valence-electron chi connectivity index (χ2n) is 4.60. The van der Waals surface area contributed by atoms with Gasteiger partial charge in [0, 0.05) is 13.1 Å². The fourth-order valence-electron chi connectivity index (χ4n) is 2.05. The van der Waals surface area contributed by atoms with Crippen LogP contribution in [-0.2, 0) is 6.54 Å². The Hall–Kier alpha value is -0.860. The molecule has 2 heterocycles. The predicted molar refractivity (Wildman–Crippen MR) is 79.7 cm³/mol. The first-order valence-corrected chi connectivity index (χ1v) is 5.99. The number of likely N-dealkylation sites (tertiary alicyclic amines) is 1. The van der Waals surface area contributed by atoms with Gasteiger partial charge in [0.25, 0.3) is 0 Å². The molecule has 18 heavy (non-hydrogen) atoms. The van der Waals surface area contributed by atoms with E-state index in [0.717, 1.165) is 13.1 Å². The summed E-state index contributed by atoms with van der Waals surface area (Å²) in [5.41, 5.74) is 5.95. The molecule has 2 rings (SSSR count). The van der Waals surface area contributed by atoms with Crippen molar-refractivity contribution in [1.82, 2.24) is 15.0 Å². The summed E-state index contributed by atoms with van der Waals surface area (Å²) in [5.74, 6) is 2.39. The van der Waals surface area contributed by atoms with E-state index in [9.17, 15) is 0 Å². The topological polar surface area (TPSA) is 80.5 Å². The van der Waals surface area contributed by atoms with E-state index >= 15 is 0 Å². The third-order valence-electron chi connectivity index (χ3n) is 2.93. The molecule has 1 aliphatic rings. The first kappa shape index (κ1) is 15.2. The lowest BCUT2D eigenvalue weighted by atomic mass is 10.0. The monoisotopic (exact) mass is 365 g/mol. The van der Waals surface area contributed by atoms with Gasteiger partial charge < -0.3 is 15.2 Å². The number of halogens is 1. The quantitative estimate of drug-likeness (QED) is 0.489. The highest BCUT2D eigenvalue weighted by Crippen LogP contribution is 2.15. The number of aryl methyl sites for hydroxylation is 1. The minimum atomic E-state index is 0. The Morgan fingerprint density at radius 1 is 1.61 bits per heavy atom. The van der Waals surface area contributed by atoms with Crippen molar-refractivity contribution in [2.75, 3.05) is 13.1 Å². The lowest BCUT2D eigenvalue weighted by Crippen LogP contribution is -2.43. The molecule has 0 radical (unpaired) electrons. The van der Waals surface area contributed by atoms with E-state index in [2.05, 4.69) is 27.0 Å². The Morgan fingerprint density at radius 2 is 2.39 bits per heavy atom. The summed E-state index contributed by atoms with van der Waals surface area (Å²) >= 11 is 0. The fraction of sp³-hybridized carbons (Fsp3) is 0.727. The summed E-state index contributed by atoms with van der Waals surface area (Å²) in [6, 6.07) is 0. The van der Waals surface area contributed by atoms with Gasteiger partial charge in [-0.05, 0) is 25.7 Å². The van der Waals surface area contributed by atoms with Gasteiger partial charge >= 0.3 is 0 Å². The van der Waals surface area contributed by atoms with Crippen molar-refractivity contribution in [2.24, 2.45) is 16.6 Å². The van der Waals surface area contributed by atoms with E-state index in [1.165, 1.54) is 12.8 Å². The van der Waals surface area contributed by atoms with Crippen LogP contribution in [0.2, 0.25) is 0 Å². The van der Waals surface area contributed by atoms with Gasteiger partial charge in [0.1, 0.15) is 6.54 Å². The maximum absolute atomic E-state index is 5.95. The molecule has 2 N–H and O–H groups in total. The molecule has 0 saturated carbocycles. The first-order valence-electron chi connectivity index (χ1n) is 5.99. The van der Waals surface area contributed by atoms with E-state index in [1.54, 1.807) is 6.92 Å².